The number of benzene rings is 2. The van der Waals surface area contributed by atoms with Crippen LogP contribution in [0, 0.1) is 0 Å². The molecule has 126 valence electrons. The fourth-order valence-electron chi connectivity index (χ4n) is 2.33. The van der Waals surface area contributed by atoms with Crippen molar-refractivity contribution >= 4 is 28.5 Å². The smallest absolute Gasteiger partial charge is 0.362 e. The lowest BCUT2D eigenvalue weighted by atomic mass is 10.1. The standard InChI is InChI=1S/C18H15N3O4/c1-2-25-18(24)15-16(22)13-10-12(8-9-14(13)20-21-15)19-17(23)11-6-4-3-5-7-11/h3-10H,2H2,1H3,(H,19,23)(H,20,22). The summed E-state index contributed by atoms with van der Waals surface area (Å²) in [6.45, 7) is 1.79. The molecule has 0 bridgehead atoms. The summed E-state index contributed by atoms with van der Waals surface area (Å²) in [7, 11) is 0. The zero-order valence-corrected chi connectivity index (χ0v) is 13.4. The van der Waals surface area contributed by atoms with Crippen LogP contribution in [-0.2, 0) is 4.74 Å². The van der Waals surface area contributed by atoms with E-state index in [1.54, 1.807) is 43.3 Å². The van der Waals surface area contributed by atoms with Gasteiger partial charge in [0.15, 0.2) is 0 Å². The highest BCUT2D eigenvalue weighted by Gasteiger charge is 2.16. The van der Waals surface area contributed by atoms with Gasteiger partial charge in [-0.1, -0.05) is 18.2 Å². The third-order valence-corrected chi connectivity index (χ3v) is 3.53. The molecule has 0 spiro atoms. The van der Waals surface area contributed by atoms with Crippen LogP contribution in [0.1, 0.15) is 27.8 Å². The first-order valence-corrected chi connectivity index (χ1v) is 7.66. The van der Waals surface area contributed by atoms with Gasteiger partial charge < -0.3 is 10.1 Å². The molecule has 3 aromatic rings. The number of nitrogens with zero attached hydrogens (tertiary/aromatic N) is 1. The summed E-state index contributed by atoms with van der Waals surface area (Å²) in [5.74, 6) is -1.08. The topological polar surface area (TPSA) is 101 Å². The molecule has 0 saturated carbocycles. The lowest BCUT2D eigenvalue weighted by Crippen LogP contribution is -2.21. The number of aromatic amines is 1. The predicted molar refractivity (Wildman–Crippen MR) is 92.7 cm³/mol. The van der Waals surface area contributed by atoms with Gasteiger partial charge >= 0.3 is 5.97 Å². The minimum absolute atomic E-state index is 0.144. The Balaban J connectivity index is 1.96. The fraction of sp³-hybridized carbons (Fsp3) is 0.111. The first-order chi connectivity index (χ1) is 12.1. The van der Waals surface area contributed by atoms with Gasteiger partial charge in [0.05, 0.1) is 17.5 Å². The largest absolute Gasteiger partial charge is 0.461 e. The number of carbonyl (C=O) groups excluding carboxylic acids is 2. The SMILES string of the molecule is CCOC(=O)c1n[nH]c2ccc(NC(=O)c3ccccc3)cc2c1=O. The van der Waals surface area contributed by atoms with Gasteiger partial charge in [-0.25, -0.2) is 4.79 Å². The normalized spacial score (nSPS) is 10.4. The van der Waals surface area contributed by atoms with E-state index < -0.39 is 11.4 Å². The second-order valence-corrected chi connectivity index (χ2v) is 5.20. The molecule has 0 aliphatic rings. The van der Waals surface area contributed by atoms with Crippen LogP contribution in [-0.4, -0.2) is 28.7 Å². The van der Waals surface area contributed by atoms with Gasteiger partial charge in [-0.3, -0.25) is 14.7 Å². The Labute approximate surface area is 142 Å². The molecule has 0 fully saturated rings. The van der Waals surface area contributed by atoms with E-state index in [4.69, 9.17) is 4.74 Å². The molecule has 0 aliphatic heterocycles. The van der Waals surface area contributed by atoms with Crippen molar-refractivity contribution in [2.75, 3.05) is 11.9 Å². The van der Waals surface area contributed by atoms with Crippen molar-refractivity contribution in [2.45, 2.75) is 6.92 Å². The van der Waals surface area contributed by atoms with Crippen LogP contribution in [0.25, 0.3) is 10.9 Å². The molecule has 25 heavy (non-hydrogen) atoms. The number of H-pyrrole nitrogens is 1. The maximum absolute atomic E-state index is 12.5. The van der Waals surface area contributed by atoms with E-state index in [-0.39, 0.29) is 23.6 Å². The van der Waals surface area contributed by atoms with Gasteiger partial charge in [0.1, 0.15) is 0 Å². The van der Waals surface area contributed by atoms with Crippen molar-refractivity contribution in [1.82, 2.24) is 10.2 Å². The average molecular weight is 337 g/mol. The summed E-state index contributed by atoms with van der Waals surface area (Å²) >= 11 is 0. The fourth-order valence-corrected chi connectivity index (χ4v) is 2.33. The summed E-state index contributed by atoms with van der Waals surface area (Å²) in [5.41, 5.74) is 0.519. The van der Waals surface area contributed by atoms with Gasteiger partial charge in [0, 0.05) is 11.3 Å². The number of nitrogens with one attached hydrogen (secondary N) is 2. The number of hydrogen-bond donors (Lipinski definition) is 2. The highest BCUT2D eigenvalue weighted by molar-refractivity contribution is 6.05. The highest BCUT2D eigenvalue weighted by atomic mass is 16.5. The number of esters is 1. The Morgan fingerprint density at radius 2 is 1.92 bits per heavy atom. The Morgan fingerprint density at radius 1 is 1.16 bits per heavy atom. The van der Waals surface area contributed by atoms with Gasteiger partial charge in [-0.05, 0) is 37.3 Å². The van der Waals surface area contributed by atoms with Crippen molar-refractivity contribution in [3.8, 4) is 0 Å². The third kappa shape index (κ3) is 3.40. The minimum Gasteiger partial charge on any atom is -0.461 e. The third-order valence-electron chi connectivity index (χ3n) is 3.53. The van der Waals surface area contributed by atoms with Crippen molar-refractivity contribution in [3.63, 3.8) is 0 Å². The van der Waals surface area contributed by atoms with E-state index in [1.165, 1.54) is 6.07 Å². The molecule has 2 N–H and O–H groups in total. The molecule has 3 rings (SSSR count). The van der Waals surface area contributed by atoms with E-state index in [0.717, 1.165) is 0 Å². The number of ether oxygens (including phenoxy) is 1. The minimum atomic E-state index is -0.788. The number of fused-ring (bicyclic) bond motifs is 1. The molecule has 1 heterocycles. The molecule has 0 saturated heterocycles. The highest BCUT2D eigenvalue weighted by Crippen LogP contribution is 2.16. The zero-order chi connectivity index (χ0) is 17.8. The molecular formula is C18H15N3O4. The van der Waals surface area contributed by atoms with E-state index in [9.17, 15) is 14.4 Å². The summed E-state index contributed by atoms with van der Waals surface area (Å²) in [4.78, 5) is 36.5. The Morgan fingerprint density at radius 3 is 2.64 bits per heavy atom. The lowest BCUT2D eigenvalue weighted by Gasteiger charge is -2.07. The Bertz CT molecular complexity index is 996. The molecular weight excluding hydrogens is 322 g/mol. The maximum Gasteiger partial charge on any atom is 0.362 e. The van der Waals surface area contributed by atoms with Crippen LogP contribution >= 0.6 is 0 Å². The van der Waals surface area contributed by atoms with E-state index in [2.05, 4.69) is 15.5 Å². The number of rotatable bonds is 4. The van der Waals surface area contributed by atoms with Crippen LogP contribution < -0.4 is 10.7 Å². The van der Waals surface area contributed by atoms with Crippen LogP contribution in [0.4, 0.5) is 5.69 Å². The summed E-state index contributed by atoms with van der Waals surface area (Å²) < 4.78 is 4.82. The second-order valence-electron chi connectivity index (χ2n) is 5.20. The van der Waals surface area contributed by atoms with Crippen LogP contribution in [0.5, 0.6) is 0 Å². The monoisotopic (exact) mass is 337 g/mol. The van der Waals surface area contributed by atoms with Crippen LogP contribution in [0.15, 0.2) is 53.3 Å². The number of amides is 1. The van der Waals surface area contributed by atoms with Gasteiger partial charge in [0.2, 0.25) is 11.1 Å². The van der Waals surface area contributed by atoms with Gasteiger partial charge in [0.25, 0.3) is 5.91 Å². The van der Waals surface area contributed by atoms with Crippen molar-refractivity contribution < 1.29 is 14.3 Å². The lowest BCUT2D eigenvalue weighted by molar-refractivity contribution is 0.0516. The Kier molecular flexibility index (Phi) is 4.56. The molecule has 0 unspecified atom stereocenters. The second kappa shape index (κ2) is 6.96. The molecule has 7 heteroatoms. The summed E-state index contributed by atoms with van der Waals surface area (Å²) in [6, 6.07) is 13.5. The molecule has 1 aromatic heterocycles. The first kappa shape index (κ1) is 16.4. The molecule has 1 amide bonds. The van der Waals surface area contributed by atoms with Crippen molar-refractivity contribution in [1.29, 1.82) is 0 Å². The van der Waals surface area contributed by atoms with Crippen molar-refractivity contribution in [2.24, 2.45) is 0 Å². The average Bonchev–Trinajstić information content (AvgIpc) is 2.63. The van der Waals surface area contributed by atoms with Crippen LogP contribution in [0.3, 0.4) is 0 Å². The van der Waals surface area contributed by atoms with Gasteiger partial charge in [-0.15, -0.1) is 0 Å². The number of aromatic nitrogens is 2. The van der Waals surface area contributed by atoms with Crippen LogP contribution in [0.2, 0.25) is 0 Å². The Hall–Kier alpha value is -3.48. The molecule has 0 atom stereocenters. The zero-order valence-electron chi connectivity index (χ0n) is 13.4. The van der Waals surface area contributed by atoms with Gasteiger partial charge in [-0.2, -0.15) is 5.10 Å². The molecule has 0 aliphatic carbocycles. The summed E-state index contributed by atoms with van der Waals surface area (Å²) in [6.07, 6.45) is 0. The molecule has 7 nitrogen and oxygen atoms in total. The number of hydrogen-bond acceptors (Lipinski definition) is 5. The molecule has 0 radical (unpaired) electrons. The number of anilines is 1. The quantitative estimate of drug-likeness (QED) is 0.712. The van der Waals surface area contributed by atoms with E-state index in [0.29, 0.717) is 16.8 Å². The van der Waals surface area contributed by atoms with E-state index >= 15 is 0 Å². The number of carbonyl (C=O) groups is 2. The maximum atomic E-state index is 12.5. The van der Waals surface area contributed by atoms with Crippen molar-refractivity contribution in [3.05, 3.63) is 70.0 Å². The van der Waals surface area contributed by atoms with E-state index in [1.807, 2.05) is 6.07 Å². The molecule has 2 aromatic carbocycles. The predicted octanol–water partition coefficient (Wildman–Crippen LogP) is 2.35. The summed E-state index contributed by atoms with van der Waals surface area (Å²) in [5, 5.41) is 9.37. The first-order valence-electron chi connectivity index (χ1n) is 7.66.